The minimum absolute atomic E-state index is 0.143. The number of carbonyl (C=O) groups is 1. The van der Waals surface area contributed by atoms with Crippen molar-refractivity contribution in [1.82, 2.24) is 9.55 Å². The number of rotatable bonds is 3. The van der Waals surface area contributed by atoms with Crippen molar-refractivity contribution in [1.29, 1.82) is 0 Å². The van der Waals surface area contributed by atoms with Crippen molar-refractivity contribution in [2.24, 2.45) is 0 Å². The number of aryl methyl sites for hydroxylation is 1. The van der Waals surface area contributed by atoms with Gasteiger partial charge in [-0.05, 0) is 50.1 Å². The highest BCUT2D eigenvalue weighted by Gasteiger charge is 2.27. The highest BCUT2D eigenvalue weighted by Crippen LogP contribution is 2.33. The van der Waals surface area contributed by atoms with Crippen LogP contribution in [0.15, 0.2) is 52.4 Å². The number of ketones is 1. The van der Waals surface area contributed by atoms with E-state index in [2.05, 4.69) is 4.98 Å². The fourth-order valence-corrected chi connectivity index (χ4v) is 4.57. The van der Waals surface area contributed by atoms with Gasteiger partial charge in [0.25, 0.3) is 5.56 Å². The molecule has 1 aromatic heterocycles. The van der Waals surface area contributed by atoms with Gasteiger partial charge in [-0.2, -0.15) is 0 Å². The number of hydrogen-bond donors (Lipinski definition) is 0. The lowest BCUT2D eigenvalue weighted by molar-refractivity contribution is -0.116. The lowest BCUT2D eigenvalue weighted by Gasteiger charge is -2.15. The maximum absolute atomic E-state index is 13.2. The van der Waals surface area contributed by atoms with Crippen molar-refractivity contribution in [3.05, 3.63) is 63.4 Å². The second kappa shape index (κ2) is 6.89. The van der Waals surface area contributed by atoms with Gasteiger partial charge in [0, 0.05) is 11.4 Å². The molecule has 4 nitrogen and oxygen atoms in total. The molecule has 0 spiro atoms. The standard InChI is InChI=1S/C20H17ClN2O2S/c1-12-5-8-14(9-6-12)23-19(25)15-10-7-13(21)11-16(15)22-20(23)26-18-4-2-3-17(18)24/h5-11,18H,2-4H2,1H3/t18-/m1/s1. The quantitative estimate of drug-likeness (QED) is 0.621. The van der Waals surface area contributed by atoms with Gasteiger partial charge < -0.3 is 0 Å². The van der Waals surface area contributed by atoms with Crippen molar-refractivity contribution in [3.8, 4) is 5.69 Å². The zero-order valence-electron chi connectivity index (χ0n) is 14.2. The van der Waals surface area contributed by atoms with Crippen LogP contribution in [0.4, 0.5) is 0 Å². The largest absolute Gasteiger partial charge is 0.298 e. The van der Waals surface area contributed by atoms with E-state index in [0.29, 0.717) is 27.5 Å². The molecule has 0 bridgehead atoms. The Kier molecular flexibility index (Phi) is 4.59. The zero-order valence-corrected chi connectivity index (χ0v) is 15.8. The lowest BCUT2D eigenvalue weighted by Crippen LogP contribution is -2.23. The van der Waals surface area contributed by atoms with Gasteiger partial charge in [0.05, 0.1) is 21.8 Å². The number of fused-ring (bicyclic) bond motifs is 1. The van der Waals surface area contributed by atoms with Gasteiger partial charge in [0.15, 0.2) is 5.16 Å². The van der Waals surface area contributed by atoms with Gasteiger partial charge in [-0.1, -0.05) is 41.1 Å². The van der Waals surface area contributed by atoms with E-state index in [1.54, 1.807) is 22.8 Å². The van der Waals surface area contributed by atoms with Gasteiger partial charge in [-0.25, -0.2) is 4.98 Å². The van der Waals surface area contributed by atoms with Crippen LogP contribution in [0.1, 0.15) is 24.8 Å². The molecule has 2 aromatic carbocycles. The van der Waals surface area contributed by atoms with Crippen LogP contribution in [0.5, 0.6) is 0 Å². The van der Waals surface area contributed by atoms with E-state index in [9.17, 15) is 9.59 Å². The summed E-state index contributed by atoms with van der Waals surface area (Å²) < 4.78 is 1.60. The third-order valence-electron chi connectivity index (χ3n) is 4.59. The molecule has 4 rings (SSSR count). The Hall–Kier alpha value is -2.11. The Bertz CT molecular complexity index is 1060. The van der Waals surface area contributed by atoms with E-state index in [1.807, 2.05) is 31.2 Å². The number of halogens is 1. The molecule has 1 aliphatic carbocycles. The summed E-state index contributed by atoms with van der Waals surface area (Å²) in [4.78, 5) is 30.0. The average Bonchev–Trinajstić information content (AvgIpc) is 3.01. The van der Waals surface area contributed by atoms with Crippen molar-refractivity contribution in [2.75, 3.05) is 0 Å². The Balaban J connectivity index is 1.93. The number of thioether (sulfide) groups is 1. The molecule has 0 N–H and O–H groups in total. The molecule has 1 fully saturated rings. The number of Topliss-reactive ketones (excluding diaryl/α,β-unsaturated/α-hetero) is 1. The molecule has 1 saturated carbocycles. The monoisotopic (exact) mass is 384 g/mol. The summed E-state index contributed by atoms with van der Waals surface area (Å²) in [5, 5.41) is 1.44. The predicted molar refractivity (Wildman–Crippen MR) is 106 cm³/mol. The first-order valence-electron chi connectivity index (χ1n) is 8.51. The molecular weight excluding hydrogens is 368 g/mol. The Morgan fingerprint density at radius 2 is 1.92 bits per heavy atom. The van der Waals surface area contributed by atoms with E-state index in [-0.39, 0.29) is 16.6 Å². The van der Waals surface area contributed by atoms with Gasteiger partial charge in [0.1, 0.15) is 5.78 Å². The van der Waals surface area contributed by atoms with E-state index in [1.165, 1.54) is 11.8 Å². The molecule has 1 aliphatic rings. The Morgan fingerprint density at radius 3 is 2.62 bits per heavy atom. The maximum Gasteiger partial charge on any atom is 0.266 e. The number of carbonyl (C=O) groups excluding carboxylic acids is 1. The molecule has 132 valence electrons. The topological polar surface area (TPSA) is 52.0 Å². The third-order valence-corrected chi connectivity index (χ3v) is 6.09. The molecule has 1 atom stereocenters. The van der Waals surface area contributed by atoms with Crippen LogP contribution >= 0.6 is 23.4 Å². The first-order chi connectivity index (χ1) is 12.5. The summed E-state index contributed by atoms with van der Waals surface area (Å²) in [7, 11) is 0. The average molecular weight is 385 g/mol. The van der Waals surface area contributed by atoms with Crippen LogP contribution in [0.3, 0.4) is 0 Å². The molecule has 3 aromatic rings. The minimum Gasteiger partial charge on any atom is -0.298 e. The van der Waals surface area contributed by atoms with Crippen molar-refractivity contribution in [2.45, 2.75) is 36.6 Å². The van der Waals surface area contributed by atoms with Crippen LogP contribution in [0, 0.1) is 6.92 Å². The molecule has 0 unspecified atom stereocenters. The Morgan fingerprint density at radius 1 is 1.15 bits per heavy atom. The zero-order chi connectivity index (χ0) is 18.3. The van der Waals surface area contributed by atoms with Crippen molar-refractivity contribution < 1.29 is 4.79 Å². The first kappa shape index (κ1) is 17.3. The summed E-state index contributed by atoms with van der Waals surface area (Å²) in [6, 6.07) is 12.8. The molecular formula is C20H17ClN2O2S. The maximum atomic E-state index is 13.2. The van der Waals surface area contributed by atoms with Gasteiger partial charge >= 0.3 is 0 Å². The normalized spacial score (nSPS) is 17.2. The summed E-state index contributed by atoms with van der Waals surface area (Å²) in [6.45, 7) is 2.00. The molecule has 0 amide bonds. The number of hydrogen-bond acceptors (Lipinski definition) is 4. The van der Waals surface area contributed by atoms with Crippen LogP contribution in [-0.2, 0) is 4.79 Å². The molecule has 0 saturated heterocycles. The van der Waals surface area contributed by atoms with Crippen LogP contribution in [-0.4, -0.2) is 20.6 Å². The van der Waals surface area contributed by atoms with E-state index in [4.69, 9.17) is 11.6 Å². The van der Waals surface area contributed by atoms with Crippen molar-refractivity contribution in [3.63, 3.8) is 0 Å². The van der Waals surface area contributed by atoms with Gasteiger partial charge in [-0.3, -0.25) is 14.2 Å². The summed E-state index contributed by atoms with van der Waals surface area (Å²) in [6.07, 6.45) is 2.32. The minimum atomic E-state index is -0.150. The van der Waals surface area contributed by atoms with Crippen LogP contribution in [0.2, 0.25) is 5.02 Å². The lowest BCUT2D eigenvalue weighted by atomic mass is 10.2. The Labute approximate surface area is 160 Å². The fraction of sp³-hybridized carbons (Fsp3) is 0.250. The number of benzene rings is 2. The summed E-state index contributed by atoms with van der Waals surface area (Å²) >= 11 is 7.46. The molecule has 0 radical (unpaired) electrons. The van der Waals surface area contributed by atoms with Crippen LogP contribution in [0.25, 0.3) is 16.6 Å². The molecule has 6 heteroatoms. The highest BCUT2D eigenvalue weighted by molar-refractivity contribution is 8.00. The van der Waals surface area contributed by atoms with Gasteiger partial charge in [-0.15, -0.1) is 0 Å². The fourth-order valence-electron chi connectivity index (χ4n) is 3.17. The molecule has 26 heavy (non-hydrogen) atoms. The number of aromatic nitrogens is 2. The summed E-state index contributed by atoms with van der Waals surface area (Å²) in [5.74, 6) is 0.228. The molecule has 0 aliphatic heterocycles. The SMILES string of the molecule is Cc1ccc(-n2c(S[C@@H]3CCCC3=O)nc3cc(Cl)ccc3c2=O)cc1. The first-order valence-corrected chi connectivity index (χ1v) is 9.77. The van der Waals surface area contributed by atoms with Gasteiger partial charge in [0.2, 0.25) is 0 Å². The van der Waals surface area contributed by atoms with E-state index in [0.717, 1.165) is 24.1 Å². The predicted octanol–water partition coefficient (Wildman–Crippen LogP) is 4.56. The summed E-state index contributed by atoms with van der Waals surface area (Å²) in [5.41, 5.74) is 2.27. The highest BCUT2D eigenvalue weighted by atomic mass is 35.5. The van der Waals surface area contributed by atoms with E-state index < -0.39 is 0 Å². The second-order valence-corrected chi connectivity index (χ2v) is 8.10. The van der Waals surface area contributed by atoms with E-state index >= 15 is 0 Å². The van der Waals surface area contributed by atoms with Crippen LogP contribution < -0.4 is 5.56 Å². The number of nitrogens with zero attached hydrogens (tertiary/aromatic N) is 2. The van der Waals surface area contributed by atoms with Crippen molar-refractivity contribution >= 4 is 40.0 Å². The third kappa shape index (κ3) is 3.17. The second-order valence-electron chi connectivity index (χ2n) is 6.50. The molecule has 1 heterocycles. The smallest absolute Gasteiger partial charge is 0.266 e.